The van der Waals surface area contributed by atoms with E-state index in [9.17, 15) is 4.79 Å². The maximum Gasteiger partial charge on any atom is 0.225 e. The summed E-state index contributed by atoms with van der Waals surface area (Å²) in [6.07, 6.45) is 11.0. The number of carbonyl (C=O) groups is 1. The highest BCUT2D eigenvalue weighted by Crippen LogP contribution is 2.33. The topological polar surface area (TPSA) is 51.0 Å². The van der Waals surface area contributed by atoms with Gasteiger partial charge in [-0.1, -0.05) is 6.42 Å². The van der Waals surface area contributed by atoms with Crippen LogP contribution in [0.1, 0.15) is 43.8 Å². The number of hydrogen-bond donors (Lipinski definition) is 0. The predicted octanol–water partition coefficient (Wildman–Crippen LogP) is 3.22. The van der Waals surface area contributed by atoms with Crippen molar-refractivity contribution < 1.29 is 4.79 Å². The van der Waals surface area contributed by atoms with Crippen LogP contribution in [0.2, 0.25) is 0 Å². The van der Waals surface area contributed by atoms with Crippen molar-refractivity contribution in [3.63, 3.8) is 0 Å². The molecule has 126 valence electrons. The van der Waals surface area contributed by atoms with E-state index in [1.807, 2.05) is 18.5 Å². The van der Waals surface area contributed by atoms with Gasteiger partial charge in [0.1, 0.15) is 5.82 Å². The van der Waals surface area contributed by atoms with Gasteiger partial charge in [0.25, 0.3) is 0 Å². The minimum absolute atomic E-state index is 0.308. The number of aryl methyl sites for hydroxylation is 1. The molecule has 0 unspecified atom stereocenters. The van der Waals surface area contributed by atoms with Crippen LogP contribution in [0.3, 0.4) is 0 Å². The molecule has 0 bridgehead atoms. The molecule has 1 saturated heterocycles. The largest absolute Gasteiger partial charge is 0.342 e. The third kappa shape index (κ3) is 2.72. The van der Waals surface area contributed by atoms with Crippen LogP contribution in [0, 0.1) is 12.8 Å². The molecule has 1 aliphatic heterocycles. The number of carbonyl (C=O) groups excluding carboxylic acids is 1. The van der Waals surface area contributed by atoms with Crippen molar-refractivity contribution in [1.29, 1.82) is 0 Å². The lowest BCUT2D eigenvalue weighted by Gasteiger charge is -2.37. The van der Waals surface area contributed by atoms with E-state index in [0.717, 1.165) is 50.2 Å². The highest BCUT2D eigenvalue weighted by Gasteiger charge is 2.32. The average molecular weight is 324 g/mol. The molecule has 0 radical (unpaired) electrons. The summed E-state index contributed by atoms with van der Waals surface area (Å²) in [5.41, 5.74) is 2.23. The first-order chi connectivity index (χ1) is 11.7. The minimum atomic E-state index is 0.308. The summed E-state index contributed by atoms with van der Waals surface area (Å²) in [7, 11) is 0. The summed E-state index contributed by atoms with van der Waals surface area (Å²) >= 11 is 0. The van der Waals surface area contributed by atoms with Gasteiger partial charge in [-0.05, 0) is 44.7 Å². The molecule has 2 fully saturated rings. The van der Waals surface area contributed by atoms with Gasteiger partial charge in [-0.15, -0.1) is 0 Å². The van der Waals surface area contributed by atoms with Crippen molar-refractivity contribution in [1.82, 2.24) is 19.4 Å². The molecule has 1 saturated carbocycles. The molecule has 2 aromatic heterocycles. The van der Waals surface area contributed by atoms with Crippen LogP contribution in [-0.2, 0) is 4.79 Å². The molecular weight excluding hydrogens is 300 g/mol. The van der Waals surface area contributed by atoms with Gasteiger partial charge in [-0.2, -0.15) is 0 Å². The number of hydrogen-bond acceptors (Lipinski definition) is 3. The second-order valence-electron chi connectivity index (χ2n) is 7.02. The number of amides is 1. The van der Waals surface area contributed by atoms with Gasteiger partial charge < -0.3 is 9.47 Å². The molecule has 2 aliphatic rings. The number of rotatable bonds is 3. The Morgan fingerprint density at radius 1 is 1.17 bits per heavy atom. The molecule has 0 spiro atoms. The lowest BCUT2D eigenvalue weighted by atomic mass is 9.84. The smallest absolute Gasteiger partial charge is 0.225 e. The second kappa shape index (κ2) is 6.38. The monoisotopic (exact) mass is 324 g/mol. The average Bonchev–Trinajstić information content (AvgIpc) is 2.96. The van der Waals surface area contributed by atoms with Gasteiger partial charge in [0, 0.05) is 54.9 Å². The Kier molecular flexibility index (Phi) is 4.08. The lowest BCUT2D eigenvalue weighted by molar-refractivity contribution is -0.139. The summed E-state index contributed by atoms with van der Waals surface area (Å²) in [4.78, 5) is 23.3. The van der Waals surface area contributed by atoms with Crippen molar-refractivity contribution in [2.45, 2.75) is 45.1 Å². The fourth-order valence-corrected chi connectivity index (χ4v) is 3.87. The zero-order valence-electron chi connectivity index (χ0n) is 14.2. The molecule has 3 heterocycles. The standard InChI is InChI=1S/C19H24N4O/c1-14-12-21-18(16-6-3-9-20-13-16)23(14)17-7-10-22(11-8-17)19(24)15-4-2-5-15/h3,6,9,12-13,15,17H,2,4-5,7-8,10-11H2,1H3. The van der Waals surface area contributed by atoms with E-state index < -0.39 is 0 Å². The third-order valence-corrected chi connectivity index (χ3v) is 5.50. The van der Waals surface area contributed by atoms with Crippen LogP contribution in [0.4, 0.5) is 0 Å². The molecule has 2 aromatic rings. The van der Waals surface area contributed by atoms with E-state index in [2.05, 4.69) is 32.4 Å². The van der Waals surface area contributed by atoms with Gasteiger partial charge in [0.05, 0.1) is 0 Å². The van der Waals surface area contributed by atoms with Crippen LogP contribution < -0.4 is 0 Å². The fraction of sp³-hybridized carbons (Fsp3) is 0.526. The number of piperidine rings is 1. The van der Waals surface area contributed by atoms with Crippen LogP contribution in [-0.4, -0.2) is 38.4 Å². The van der Waals surface area contributed by atoms with Crippen molar-refractivity contribution >= 4 is 5.91 Å². The normalized spacial score (nSPS) is 19.3. The van der Waals surface area contributed by atoms with E-state index in [4.69, 9.17) is 0 Å². The number of aromatic nitrogens is 3. The van der Waals surface area contributed by atoms with E-state index in [-0.39, 0.29) is 0 Å². The van der Waals surface area contributed by atoms with Gasteiger partial charge in [0.15, 0.2) is 0 Å². The zero-order chi connectivity index (χ0) is 16.5. The van der Waals surface area contributed by atoms with E-state index in [1.54, 1.807) is 6.20 Å². The second-order valence-corrected chi connectivity index (χ2v) is 7.02. The summed E-state index contributed by atoms with van der Waals surface area (Å²) in [6.45, 7) is 3.84. The first-order valence-corrected chi connectivity index (χ1v) is 8.97. The molecule has 5 heteroatoms. The number of nitrogens with zero attached hydrogens (tertiary/aromatic N) is 4. The molecule has 0 aromatic carbocycles. The van der Waals surface area contributed by atoms with Crippen molar-refractivity contribution in [3.05, 3.63) is 36.4 Å². The maximum atomic E-state index is 12.4. The van der Waals surface area contributed by atoms with Gasteiger partial charge in [-0.25, -0.2) is 4.98 Å². The highest BCUT2D eigenvalue weighted by molar-refractivity contribution is 5.79. The molecule has 0 N–H and O–H groups in total. The summed E-state index contributed by atoms with van der Waals surface area (Å²) < 4.78 is 2.34. The van der Waals surface area contributed by atoms with Gasteiger partial charge in [0.2, 0.25) is 5.91 Å². The summed E-state index contributed by atoms with van der Waals surface area (Å²) in [6, 6.07) is 4.41. The predicted molar refractivity (Wildman–Crippen MR) is 92.4 cm³/mol. The van der Waals surface area contributed by atoms with Crippen LogP contribution >= 0.6 is 0 Å². The molecule has 4 rings (SSSR count). The van der Waals surface area contributed by atoms with E-state index >= 15 is 0 Å². The Morgan fingerprint density at radius 3 is 2.58 bits per heavy atom. The Balaban J connectivity index is 1.50. The van der Waals surface area contributed by atoms with E-state index in [1.165, 1.54) is 12.1 Å². The first-order valence-electron chi connectivity index (χ1n) is 8.97. The zero-order valence-corrected chi connectivity index (χ0v) is 14.2. The number of imidazole rings is 1. The van der Waals surface area contributed by atoms with Crippen molar-refractivity contribution in [2.24, 2.45) is 5.92 Å². The van der Waals surface area contributed by atoms with E-state index in [0.29, 0.717) is 17.9 Å². The third-order valence-electron chi connectivity index (χ3n) is 5.50. The van der Waals surface area contributed by atoms with Crippen molar-refractivity contribution in [2.75, 3.05) is 13.1 Å². The Bertz CT molecular complexity index is 712. The maximum absolute atomic E-state index is 12.4. The van der Waals surface area contributed by atoms with Crippen molar-refractivity contribution in [3.8, 4) is 11.4 Å². The van der Waals surface area contributed by atoms with Gasteiger partial charge >= 0.3 is 0 Å². The number of pyridine rings is 1. The quantitative estimate of drug-likeness (QED) is 0.871. The highest BCUT2D eigenvalue weighted by atomic mass is 16.2. The van der Waals surface area contributed by atoms with Crippen LogP contribution in [0.5, 0.6) is 0 Å². The summed E-state index contributed by atoms with van der Waals surface area (Å²) in [5.74, 6) is 1.68. The minimum Gasteiger partial charge on any atom is -0.342 e. The summed E-state index contributed by atoms with van der Waals surface area (Å²) in [5, 5.41) is 0. The molecule has 24 heavy (non-hydrogen) atoms. The molecule has 0 atom stereocenters. The molecule has 5 nitrogen and oxygen atoms in total. The SMILES string of the molecule is Cc1cnc(-c2cccnc2)n1C1CCN(C(=O)C2CCC2)CC1. The lowest BCUT2D eigenvalue weighted by Crippen LogP contribution is -2.43. The van der Waals surface area contributed by atoms with Crippen LogP contribution in [0.25, 0.3) is 11.4 Å². The molecule has 1 amide bonds. The molecular formula is C19H24N4O. The number of likely N-dealkylation sites (tertiary alicyclic amines) is 1. The van der Waals surface area contributed by atoms with Crippen LogP contribution in [0.15, 0.2) is 30.7 Å². The first kappa shape index (κ1) is 15.4. The Hall–Kier alpha value is -2.17. The molecule has 1 aliphatic carbocycles. The Labute approximate surface area is 142 Å². The fourth-order valence-electron chi connectivity index (χ4n) is 3.87. The Morgan fingerprint density at radius 2 is 1.96 bits per heavy atom. The van der Waals surface area contributed by atoms with Gasteiger partial charge in [-0.3, -0.25) is 9.78 Å².